The van der Waals surface area contributed by atoms with Gasteiger partial charge in [0, 0.05) is 18.6 Å². The van der Waals surface area contributed by atoms with Gasteiger partial charge < -0.3 is 11.1 Å². The van der Waals surface area contributed by atoms with Crippen LogP contribution in [0, 0.1) is 31.3 Å². The highest BCUT2D eigenvalue weighted by Crippen LogP contribution is 2.17. The van der Waals surface area contributed by atoms with E-state index in [2.05, 4.69) is 5.32 Å². The molecule has 0 radical (unpaired) electrons. The molecule has 132 valence electrons. The van der Waals surface area contributed by atoms with Crippen molar-refractivity contribution in [3.05, 3.63) is 70.0 Å². The summed E-state index contributed by atoms with van der Waals surface area (Å²) in [4.78, 5) is 23.8. The van der Waals surface area contributed by atoms with E-state index in [-0.39, 0.29) is 6.42 Å². The highest BCUT2D eigenvalue weighted by atomic mass is 19.1. The summed E-state index contributed by atoms with van der Waals surface area (Å²) < 4.78 is 40.4. The molecule has 0 aliphatic rings. The molecule has 0 bridgehead atoms. The zero-order valence-electron chi connectivity index (χ0n) is 13.7. The maximum absolute atomic E-state index is 13.7. The molecule has 7 heteroatoms. The van der Waals surface area contributed by atoms with Gasteiger partial charge in [-0.1, -0.05) is 18.2 Å². The first-order valence-electron chi connectivity index (χ1n) is 7.50. The predicted octanol–water partition coefficient (Wildman–Crippen LogP) is 2.55. The number of amides is 2. The summed E-state index contributed by atoms with van der Waals surface area (Å²) in [5, 5.41) is 2.22. The number of hydrogen-bond acceptors (Lipinski definition) is 2. The number of hydrogen-bond donors (Lipinski definition) is 2. The Morgan fingerprint density at radius 3 is 2.08 bits per heavy atom. The van der Waals surface area contributed by atoms with Crippen LogP contribution in [0.5, 0.6) is 0 Å². The van der Waals surface area contributed by atoms with Crippen LogP contribution in [-0.2, 0) is 11.2 Å². The van der Waals surface area contributed by atoms with Crippen molar-refractivity contribution >= 4 is 11.8 Å². The molecule has 4 nitrogen and oxygen atoms in total. The van der Waals surface area contributed by atoms with E-state index >= 15 is 0 Å². The summed E-state index contributed by atoms with van der Waals surface area (Å²) in [7, 11) is 0. The molecule has 2 amide bonds. The van der Waals surface area contributed by atoms with Gasteiger partial charge in [0.05, 0.1) is 0 Å². The number of nitrogens with one attached hydrogen (secondary N) is 1. The van der Waals surface area contributed by atoms with Crippen LogP contribution < -0.4 is 11.1 Å². The third-order valence-electron chi connectivity index (χ3n) is 3.94. The highest BCUT2D eigenvalue weighted by Gasteiger charge is 2.25. The van der Waals surface area contributed by atoms with Crippen LogP contribution in [0.15, 0.2) is 30.3 Å². The van der Waals surface area contributed by atoms with Crippen molar-refractivity contribution in [1.82, 2.24) is 5.32 Å². The molecule has 0 aliphatic carbocycles. The van der Waals surface area contributed by atoms with E-state index in [0.29, 0.717) is 12.1 Å². The zero-order chi connectivity index (χ0) is 18.7. The van der Waals surface area contributed by atoms with Gasteiger partial charge >= 0.3 is 0 Å². The fraction of sp³-hybridized carbons (Fsp3) is 0.222. The van der Waals surface area contributed by atoms with Gasteiger partial charge in [-0.2, -0.15) is 0 Å². The van der Waals surface area contributed by atoms with Crippen LogP contribution in [0.2, 0.25) is 0 Å². The van der Waals surface area contributed by atoms with Gasteiger partial charge in [-0.15, -0.1) is 0 Å². The molecule has 0 aliphatic heterocycles. The molecule has 0 aromatic heterocycles. The van der Waals surface area contributed by atoms with E-state index in [0.717, 1.165) is 16.7 Å². The second-order valence-corrected chi connectivity index (χ2v) is 5.75. The number of carbonyl (C=O) groups excluding carboxylic acids is 2. The largest absolute Gasteiger partial charge is 0.368 e. The Bertz CT molecular complexity index is 794. The van der Waals surface area contributed by atoms with Crippen molar-refractivity contribution in [1.29, 1.82) is 0 Å². The van der Waals surface area contributed by atoms with Crippen molar-refractivity contribution in [3.8, 4) is 0 Å². The van der Waals surface area contributed by atoms with Gasteiger partial charge in [-0.25, -0.2) is 13.2 Å². The molecule has 25 heavy (non-hydrogen) atoms. The van der Waals surface area contributed by atoms with E-state index < -0.39 is 40.9 Å². The number of benzene rings is 2. The van der Waals surface area contributed by atoms with Gasteiger partial charge in [-0.05, 0) is 30.5 Å². The van der Waals surface area contributed by atoms with Crippen molar-refractivity contribution < 1.29 is 22.8 Å². The lowest BCUT2D eigenvalue weighted by molar-refractivity contribution is -0.119. The van der Waals surface area contributed by atoms with Crippen LogP contribution in [0.4, 0.5) is 13.2 Å². The molecule has 2 aromatic rings. The topological polar surface area (TPSA) is 72.2 Å². The Morgan fingerprint density at radius 1 is 1.08 bits per heavy atom. The first kappa shape index (κ1) is 18.5. The minimum absolute atomic E-state index is 0.0734. The molecular weight excluding hydrogens is 333 g/mol. The molecule has 2 rings (SSSR count). The summed E-state index contributed by atoms with van der Waals surface area (Å²) in [5.74, 6) is -5.88. The molecule has 0 heterocycles. The lowest BCUT2D eigenvalue weighted by atomic mass is 9.96. The SMILES string of the molecule is Cc1cccc(C)c1C[C@H](NC(=O)c1c(F)cc(F)cc1F)C(N)=O. The number of rotatable bonds is 5. The molecule has 3 N–H and O–H groups in total. The van der Waals surface area contributed by atoms with Crippen LogP contribution in [-0.4, -0.2) is 17.9 Å². The first-order valence-corrected chi connectivity index (χ1v) is 7.50. The van der Waals surface area contributed by atoms with Gasteiger partial charge in [-0.3, -0.25) is 9.59 Å². The van der Waals surface area contributed by atoms with Gasteiger partial charge in [0.2, 0.25) is 5.91 Å². The zero-order valence-corrected chi connectivity index (χ0v) is 13.7. The Hall–Kier alpha value is -2.83. The lowest BCUT2D eigenvalue weighted by Gasteiger charge is -2.18. The van der Waals surface area contributed by atoms with Crippen molar-refractivity contribution in [2.75, 3.05) is 0 Å². The van der Waals surface area contributed by atoms with E-state index in [4.69, 9.17) is 5.73 Å². The number of nitrogens with two attached hydrogens (primary N) is 1. The number of carbonyl (C=O) groups is 2. The number of halogens is 3. The monoisotopic (exact) mass is 350 g/mol. The number of aryl methyl sites for hydroxylation is 2. The fourth-order valence-corrected chi connectivity index (χ4v) is 2.59. The molecule has 0 saturated heterocycles. The Morgan fingerprint density at radius 2 is 1.60 bits per heavy atom. The van der Waals surface area contributed by atoms with Crippen LogP contribution in [0.3, 0.4) is 0 Å². The molecule has 1 atom stereocenters. The highest BCUT2D eigenvalue weighted by molar-refractivity contribution is 5.97. The predicted molar refractivity (Wildman–Crippen MR) is 86.4 cm³/mol. The normalized spacial score (nSPS) is 11.9. The van der Waals surface area contributed by atoms with E-state index in [9.17, 15) is 22.8 Å². The van der Waals surface area contributed by atoms with Gasteiger partial charge in [0.25, 0.3) is 5.91 Å². The van der Waals surface area contributed by atoms with E-state index in [1.807, 2.05) is 32.0 Å². The van der Waals surface area contributed by atoms with Gasteiger partial charge in [0.15, 0.2) is 0 Å². The summed E-state index contributed by atoms with van der Waals surface area (Å²) >= 11 is 0. The molecule has 0 fully saturated rings. The van der Waals surface area contributed by atoms with Crippen molar-refractivity contribution in [2.24, 2.45) is 5.73 Å². The summed E-state index contributed by atoms with van der Waals surface area (Å²) in [6.07, 6.45) is 0.0734. The lowest BCUT2D eigenvalue weighted by Crippen LogP contribution is -2.46. The summed E-state index contributed by atoms with van der Waals surface area (Å²) in [6, 6.07) is 5.13. The molecule has 0 saturated carbocycles. The van der Waals surface area contributed by atoms with Crippen molar-refractivity contribution in [3.63, 3.8) is 0 Å². The van der Waals surface area contributed by atoms with E-state index in [1.165, 1.54) is 0 Å². The molecule has 2 aromatic carbocycles. The molecule has 0 unspecified atom stereocenters. The standard InChI is InChI=1S/C18H17F3N2O2/c1-9-4-3-5-10(2)12(9)8-15(17(22)24)23-18(25)16-13(20)6-11(19)7-14(16)21/h3-7,15H,8H2,1-2H3,(H2,22,24)(H,23,25)/t15-/m0/s1. The Balaban J connectivity index is 2.28. The second-order valence-electron chi connectivity index (χ2n) is 5.75. The van der Waals surface area contributed by atoms with E-state index in [1.54, 1.807) is 0 Å². The van der Waals surface area contributed by atoms with Crippen LogP contribution in [0.1, 0.15) is 27.0 Å². The third kappa shape index (κ3) is 4.17. The molecular formula is C18H17F3N2O2. The second kappa shape index (κ2) is 7.38. The smallest absolute Gasteiger partial charge is 0.257 e. The van der Waals surface area contributed by atoms with Crippen LogP contribution in [0.25, 0.3) is 0 Å². The average molecular weight is 350 g/mol. The third-order valence-corrected chi connectivity index (χ3v) is 3.94. The summed E-state index contributed by atoms with van der Waals surface area (Å²) in [5.41, 5.74) is 6.92. The number of primary amides is 1. The van der Waals surface area contributed by atoms with Crippen molar-refractivity contribution in [2.45, 2.75) is 26.3 Å². The minimum atomic E-state index is -1.36. The quantitative estimate of drug-likeness (QED) is 0.870. The van der Waals surface area contributed by atoms with Gasteiger partial charge in [0.1, 0.15) is 29.1 Å². The summed E-state index contributed by atoms with van der Waals surface area (Å²) in [6.45, 7) is 3.67. The average Bonchev–Trinajstić information content (AvgIpc) is 2.48. The Kier molecular flexibility index (Phi) is 5.46. The Labute approximate surface area is 142 Å². The fourth-order valence-electron chi connectivity index (χ4n) is 2.59. The maximum Gasteiger partial charge on any atom is 0.257 e. The molecule has 0 spiro atoms. The first-order chi connectivity index (χ1) is 11.7. The minimum Gasteiger partial charge on any atom is -0.368 e. The maximum atomic E-state index is 13.7. The van der Waals surface area contributed by atoms with Crippen LogP contribution >= 0.6 is 0 Å².